The predicted octanol–water partition coefficient (Wildman–Crippen LogP) is 1.53. The summed E-state index contributed by atoms with van der Waals surface area (Å²) in [6.07, 6.45) is 3.30. The number of hydrogen-bond acceptors (Lipinski definition) is 8. The number of esters is 1. The van der Waals surface area contributed by atoms with Crippen molar-refractivity contribution in [3.63, 3.8) is 0 Å². The third-order valence-corrected chi connectivity index (χ3v) is 3.12. The van der Waals surface area contributed by atoms with E-state index >= 15 is 0 Å². The van der Waals surface area contributed by atoms with Gasteiger partial charge in [-0.1, -0.05) is 18.2 Å². The average molecular weight is 361 g/mol. The number of carbonyl (C=O) groups excluding carboxylic acids is 4. The number of rotatable bonds is 11. The first-order valence-electron chi connectivity index (χ1n) is 7.94. The van der Waals surface area contributed by atoms with Crippen LogP contribution in [0.3, 0.4) is 0 Å². The number of aliphatic imine (C=N–C) groups is 2. The molecule has 26 heavy (non-hydrogen) atoms. The Kier molecular flexibility index (Phi) is 10.4. The smallest absolute Gasteiger partial charge is 0.413 e. The van der Waals surface area contributed by atoms with Crippen LogP contribution in [0.4, 0.5) is 4.79 Å². The fraction of sp³-hybridized carbons (Fsp3) is 0.412. The van der Waals surface area contributed by atoms with Gasteiger partial charge in [-0.15, -0.1) is 0 Å². The zero-order chi connectivity index (χ0) is 19.0. The van der Waals surface area contributed by atoms with Crippen molar-refractivity contribution >= 4 is 24.2 Å². The second kappa shape index (κ2) is 13.1. The summed E-state index contributed by atoms with van der Waals surface area (Å²) in [4.78, 5) is 50.8. The third-order valence-electron chi connectivity index (χ3n) is 3.12. The van der Waals surface area contributed by atoms with Crippen LogP contribution in [0.2, 0.25) is 0 Å². The van der Waals surface area contributed by atoms with Gasteiger partial charge < -0.3 is 14.8 Å². The number of nitrogens with one attached hydrogen (secondary N) is 1. The quantitative estimate of drug-likeness (QED) is 0.276. The van der Waals surface area contributed by atoms with Gasteiger partial charge in [0.2, 0.25) is 12.2 Å². The molecule has 0 spiro atoms. The molecule has 0 heterocycles. The number of carbonyl (C=O) groups is 2. The molecule has 0 saturated carbocycles. The minimum absolute atomic E-state index is 0.00945. The number of benzene rings is 1. The Labute approximate surface area is 150 Å². The van der Waals surface area contributed by atoms with E-state index in [0.717, 1.165) is 0 Å². The van der Waals surface area contributed by atoms with Crippen molar-refractivity contribution < 1.29 is 28.7 Å². The van der Waals surface area contributed by atoms with E-state index in [2.05, 4.69) is 15.3 Å². The highest BCUT2D eigenvalue weighted by molar-refractivity contribution is 5.82. The van der Waals surface area contributed by atoms with Crippen molar-refractivity contribution in [3.8, 4) is 5.75 Å². The van der Waals surface area contributed by atoms with Gasteiger partial charge in [0, 0.05) is 0 Å². The van der Waals surface area contributed by atoms with Crippen molar-refractivity contribution in [2.75, 3.05) is 19.7 Å². The molecule has 1 amide bonds. The molecule has 0 aliphatic rings. The number of nitrogens with zero attached hydrogens (tertiary/aromatic N) is 2. The minimum Gasteiger partial charge on any atom is -0.462 e. The molecule has 138 valence electrons. The molecule has 0 aliphatic heterocycles. The van der Waals surface area contributed by atoms with Crippen LogP contribution in [-0.2, 0) is 19.1 Å². The maximum atomic E-state index is 12.1. The fourth-order valence-corrected chi connectivity index (χ4v) is 1.94. The van der Waals surface area contributed by atoms with Crippen molar-refractivity contribution in [1.29, 1.82) is 0 Å². The lowest BCUT2D eigenvalue weighted by Gasteiger charge is -2.17. The van der Waals surface area contributed by atoms with Gasteiger partial charge in [0.25, 0.3) is 0 Å². The monoisotopic (exact) mass is 361 g/mol. The van der Waals surface area contributed by atoms with Gasteiger partial charge in [-0.25, -0.2) is 29.2 Å². The van der Waals surface area contributed by atoms with Crippen molar-refractivity contribution in [2.24, 2.45) is 9.98 Å². The summed E-state index contributed by atoms with van der Waals surface area (Å²) in [5.41, 5.74) is 0. The van der Waals surface area contributed by atoms with E-state index in [1.807, 2.05) is 0 Å². The van der Waals surface area contributed by atoms with Crippen molar-refractivity contribution in [1.82, 2.24) is 5.32 Å². The number of hydrogen-bond donors (Lipinski definition) is 1. The highest BCUT2D eigenvalue weighted by Gasteiger charge is 2.22. The van der Waals surface area contributed by atoms with Crippen molar-refractivity contribution in [3.05, 3.63) is 30.3 Å². The summed E-state index contributed by atoms with van der Waals surface area (Å²) >= 11 is 0. The summed E-state index contributed by atoms with van der Waals surface area (Å²) in [7, 11) is 0. The number of isocyanates is 2. The zero-order valence-corrected chi connectivity index (χ0v) is 14.1. The Bertz CT molecular complexity index is 666. The Morgan fingerprint density at radius 3 is 2.42 bits per heavy atom. The van der Waals surface area contributed by atoms with E-state index in [-0.39, 0.29) is 26.1 Å². The van der Waals surface area contributed by atoms with Crippen LogP contribution in [0, 0.1) is 0 Å². The van der Waals surface area contributed by atoms with Crippen LogP contribution in [0.15, 0.2) is 40.3 Å². The topological polar surface area (TPSA) is 123 Å². The van der Waals surface area contributed by atoms with Gasteiger partial charge in [0.15, 0.2) is 0 Å². The maximum Gasteiger partial charge on any atom is 0.413 e. The molecule has 0 aliphatic carbocycles. The molecule has 0 fully saturated rings. The van der Waals surface area contributed by atoms with Crippen LogP contribution < -0.4 is 10.1 Å². The number of amides is 1. The first kappa shape index (κ1) is 20.8. The van der Waals surface area contributed by atoms with E-state index in [1.165, 1.54) is 12.2 Å². The zero-order valence-electron chi connectivity index (χ0n) is 14.1. The first-order chi connectivity index (χ1) is 12.7. The molecule has 1 aromatic rings. The highest BCUT2D eigenvalue weighted by atomic mass is 16.6. The lowest BCUT2D eigenvalue weighted by atomic mass is 10.1. The van der Waals surface area contributed by atoms with Gasteiger partial charge in [0.05, 0.1) is 13.1 Å². The molecule has 0 radical (unpaired) electrons. The Balaban J connectivity index is 2.56. The van der Waals surface area contributed by atoms with E-state index < -0.39 is 18.1 Å². The molecule has 1 aromatic carbocycles. The number of ether oxygens (including phenoxy) is 2. The second-order valence-electron chi connectivity index (χ2n) is 5.01. The van der Waals surface area contributed by atoms with E-state index in [4.69, 9.17) is 9.47 Å². The molecule has 0 aromatic heterocycles. The van der Waals surface area contributed by atoms with E-state index in [1.54, 1.807) is 30.3 Å². The molecule has 1 rings (SSSR count). The van der Waals surface area contributed by atoms with Gasteiger partial charge in [-0.3, -0.25) is 0 Å². The molecular formula is C17H19N3O6. The molecule has 1 unspecified atom stereocenters. The first-order valence-corrected chi connectivity index (χ1v) is 7.94. The standard InChI is InChI=1S/C17H19N3O6/c21-12-18-9-5-4-8-15(16(23)25-11-10-19-13-22)20-17(24)26-14-6-2-1-3-7-14/h1-3,6-7,15H,4-5,8-11H2,(H,20,24). The molecule has 1 atom stereocenters. The minimum atomic E-state index is -0.938. The third kappa shape index (κ3) is 9.12. The predicted molar refractivity (Wildman–Crippen MR) is 90.2 cm³/mol. The van der Waals surface area contributed by atoms with Gasteiger partial charge in [-0.05, 0) is 31.4 Å². The molecule has 0 bridgehead atoms. The second-order valence-corrected chi connectivity index (χ2v) is 5.01. The van der Waals surface area contributed by atoms with E-state index in [9.17, 15) is 19.2 Å². The summed E-state index contributed by atoms with van der Waals surface area (Å²) in [6.45, 7) is 0.174. The largest absolute Gasteiger partial charge is 0.462 e. The number of para-hydroxylation sites is 1. The van der Waals surface area contributed by atoms with Crippen molar-refractivity contribution in [2.45, 2.75) is 25.3 Å². The van der Waals surface area contributed by atoms with Crippen LogP contribution in [-0.4, -0.2) is 50.0 Å². The molecule has 9 heteroatoms. The van der Waals surface area contributed by atoms with Crippen LogP contribution in [0.25, 0.3) is 0 Å². The Morgan fingerprint density at radius 2 is 1.73 bits per heavy atom. The van der Waals surface area contributed by atoms with Crippen LogP contribution in [0.5, 0.6) is 5.75 Å². The highest BCUT2D eigenvalue weighted by Crippen LogP contribution is 2.09. The van der Waals surface area contributed by atoms with Gasteiger partial charge in [0.1, 0.15) is 18.4 Å². The molecule has 9 nitrogen and oxygen atoms in total. The summed E-state index contributed by atoms with van der Waals surface area (Å²) < 4.78 is 10.1. The van der Waals surface area contributed by atoms with Gasteiger partial charge in [-0.2, -0.15) is 0 Å². The fourth-order valence-electron chi connectivity index (χ4n) is 1.94. The SMILES string of the molecule is O=C=NCCCCC(NC(=O)Oc1ccccc1)C(=O)OCCN=C=O. The van der Waals surface area contributed by atoms with Crippen LogP contribution >= 0.6 is 0 Å². The summed E-state index contributed by atoms with van der Waals surface area (Å²) in [5.74, 6) is -0.340. The maximum absolute atomic E-state index is 12.1. The number of unbranched alkanes of at least 4 members (excludes halogenated alkanes) is 1. The molecule has 1 N–H and O–H groups in total. The molecular weight excluding hydrogens is 342 g/mol. The lowest BCUT2D eigenvalue weighted by molar-refractivity contribution is -0.145. The Hall–Kier alpha value is -3.28. The molecule has 0 saturated heterocycles. The van der Waals surface area contributed by atoms with E-state index in [0.29, 0.717) is 18.6 Å². The Morgan fingerprint density at radius 1 is 1.04 bits per heavy atom. The van der Waals surface area contributed by atoms with Crippen LogP contribution in [0.1, 0.15) is 19.3 Å². The average Bonchev–Trinajstić information content (AvgIpc) is 2.64. The summed E-state index contributed by atoms with van der Waals surface area (Å²) in [5, 5.41) is 2.45. The normalized spacial score (nSPS) is 10.6. The summed E-state index contributed by atoms with van der Waals surface area (Å²) in [6, 6.07) is 7.44. The lowest BCUT2D eigenvalue weighted by Crippen LogP contribution is -2.43. The van der Waals surface area contributed by atoms with Gasteiger partial charge >= 0.3 is 12.1 Å².